The Hall–Kier alpha value is -2.46. The van der Waals surface area contributed by atoms with Crippen LogP contribution in [-0.2, 0) is 0 Å². The minimum atomic E-state index is -1.02. The average Bonchev–Trinajstić information content (AvgIpc) is 2.63. The van der Waals surface area contributed by atoms with Gasteiger partial charge < -0.3 is 9.80 Å². The van der Waals surface area contributed by atoms with Crippen molar-refractivity contribution >= 4 is 27.5 Å². The molecule has 0 spiro atoms. The molecule has 0 bridgehead atoms. The van der Waals surface area contributed by atoms with Gasteiger partial charge in [0.1, 0.15) is 0 Å². The van der Waals surface area contributed by atoms with Crippen LogP contribution in [0.3, 0.4) is 0 Å². The Morgan fingerprint density at radius 1 is 1.04 bits per heavy atom. The molecule has 0 saturated carbocycles. The maximum absolute atomic E-state index is 13.3. The third kappa shape index (κ3) is 3.64. The number of carbonyl (C=O) groups is 1. The molecule has 0 aliphatic carbocycles. The number of nitrogens with zero attached hydrogens (tertiary/aromatic N) is 3. The largest absolute Gasteiger partial charge is 0.367 e. The molecule has 1 aliphatic rings. The Balaban J connectivity index is 1.68. The summed E-state index contributed by atoms with van der Waals surface area (Å²) in [4.78, 5) is 16.2. The first-order valence-electron chi connectivity index (χ1n) is 7.68. The Kier molecular flexibility index (Phi) is 5.00. The molecule has 7 heteroatoms. The van der Waals surface area contributed by atoms with E-state index in [9.17, 15) is 13.6 Å². The lowest BCUT2D eigenvalue weighted by molar-refractivity contribution is 0.0746. The van der Waals surface area contributed by atoms with Gasteiger partial charge >= 0.3 is 0 Å². The first kappa shape index (κ1) is 17.4. The van der Waals surface area contributed by atoms with E-state index in [1.807, 2.05) is 6.07 Å². The summed E-state index contributed by atoms with van der Waals surface area (Å²) >= 11 is 3.47. The van der Waals surface area contributed by atoms with E-state index in [0.717, 1.165) is 22.3 Å². The van der Waals surface area contributed by atoms with Crippen LogP contribution < -0.4 is 4.90 Å². The molecule has 2 aromatic rings. The number of benzene rings is 2. The summed E-state index contributed by atoms with van der Waals surface area (Å²) in [6, 6.07) is 10.7. The fourth-order valence-corrected chi connectivity index (χ4v) is 3.42. The van der Waals surface area contributed by atoms with E-state index in [2.05, 4.69) is 26.9 Å². The zero-order valence-electron chi connectivity index (χ0n) is 13.2. The quantitative estimate of drug-likeness (QED) is 0.767. The molecule has 2 aromatic carbocycles. The van der Waals surface area contributed by atoms with Gasteiger partial charge in [-0.05, 0) is 52.3 Å². The number of hydrogen-bond acceptors (Lipinski definition) is 3. The maximum Gasteiger partial charge on any atom is 0.254 e. The van der Waals surface area contributed by atoms with Gasteiger partial charge in [0.2, 0.25) is 0 Å². The van der Waals surface area contributed by atoms with Crippen molar-refractivity contribution in [2.24, 2.45) is 0 Å². The molecular weight excluding hydrogens is 392 g/mol. The molecule has 4 nitrogen and oxygen atoms in total. The second kappa shape index (κ2) is 7.19. The van der Waals surface area contributed by atoms with Crippen LogP contribution in [0.5, 0.6) is 0 Å². The topological polar surface area (TPSA) is 47.3 Å². The molecule has 128 valence electrons. The van der Waals surface area contributed by atoms with Crippen molar-refractivity contribution in [2.45, 2.75) is 0 Å². The van der Waals surface area contributed by atoms with E-state index in [1.54, 1.807) is 17.0 Å². The third-order valence-electron chi connectivity index (χ3n) is 4.15. The van der Waals surface area contributed by atoms with Gasteiger partial charge in [-0.15, -0.1) is 0 Å². The van der Waals surface area contributed by atoms with Crippen LogP contribution >= 0.6 is 15.9 Å². The minimum Gasteiger partial charge on any atom is -0.367 e. The standard InChI is InChI=1S/C18H14BrF2N3O/c19-14-9-12(11-22)1-4-17(14)23-5-7-24(8-6-23)18(25)13-2-3-15(20)16(21)10-13/h1-4,9-10H,5-8H2. The van der Waals surface area contributed by atoms with Crippen LogP contribution in [0, 0.1) is 23.0 Å². The molecule has 25 heavy (non-hydrogen) atoms. The average molecular weight is 406 g/mol. The highest BCUT2D eigenvalue weighted by Crippen LogP contribution is 2.28. The van der Waals surface area contributed by atoms with Gasteiger partial charge in [-0.3, -0.25) is 4.79 Å². The predicted octanol–water partition coefficient (Wildman–Crippen LogP) is 3.56. The Bertz CT molecular complexity index is 858. The van der Waals surface area contributed by atoms with Crippen LogP contribution in [0.2, 0.25) is 0 Å². The molecule has 1 heterocycles. The highest BCUT2D eigenvalue weighted by molar-refractivity contribution is 9.10. The van der Waals surface area contributed by atoms with Crippen molar-refractivity contribution < 1.29 is 13.6 Å². The van der Waals surface area contributed by atoms with Gasteiger partial charge in [-0.25, -0.2) is 8.78 Å². The number of halogens is 3. The van der Waals surface area contributed by atoms with Crippen LogP contribution in [0.25, 0.3) is 0 Å². The number of hydrogen-bond donors (Lipinski definition) is 0. The Morgan fingerprint density at radius 2 is 1.76 bits per heavy atom. The van der Waals surface area contributed by atoms with Crippen molar-refractivity contribution in [3.63, 3.8) is 0 Å². The highest BCUT2D eigenvalue weighted by atomic mass is 79.9. The van der Waals surface area contributed by atoms with E-state index < -0.39 is 11.6 Å². The summed E-state index contributed by atoms with van der Waals surface area (Å²) in [5.74, 6) is -2.30. The Morgan fingerprint density at radius 3 is 2.36 bits per heavy atom. The van der Waals surface area contributed by atoms with E-state index in [-0.39, 0.29) is 11.5 Å². The molecule has 0 aromatic heterocycles. The van der Waals surface area contributed by atoms with Crippen LogP contribution in [-0.4, -0.2) is 37.0 Å². The molecule has 0 N–H and O–H groups in total. The molecular formula is C18H14BrF2N3O. The molecule has 3 rings (SSSR count). The van der Waals surface area contributed by atoms with Gasteiger partial charge in [0.25, 0.3) is 5.91 Å². The first-order valence-corrected chi connectivity index (χ1v) is 8.48. The molecule has 1 saturated heterocycles. The van der Waals surface area contributed by atoms with Crippen molar-refractivity contribution in [2.75, 3.05) is 31.1 Å². The number of nitriles is 1. The molecule has 0 radical (unpaired) electrons. The molecule has 1 fully saturated rings. The van der Waals surface area contributed by atoms with Crippen LogP contribution in [0.15, 0.2) is 40.9 Å². The fraction of sp³-hybridized carbons (Fsp3) is 0.222. The lowest BCUT2D eigenvalue weighted by Crippen LogP contribution is -2.48. The predicted molar refractivity (Wildman–Crippen MR) is 93.3 cm³/mol. The SMILES string of the molecule is N#Cc1ccc(N2CCN(C(=O)c3ccc(F)c(F)c3)CC2)c(Br)c1. The van der Waals surface area contributed by atoms with Crippen LogP contribution in [0.4, 0.5) is 14.5 Å². The van der Waals surface area contributed by atoms with Gasteiger partial charge in [0.05, 0.1) is 17.3 Å². The molecule has 0 atom stereocenters. The van der Waals surface area contributed by atoms with E-state index in [1.165, 1.54) is 6.07 Å². The lowest BCUT2D eigenvalue weighted by Gasteiger charge is -2.36. The highest BCUT2D eigenvalue weighted by Gasteiger charge is 2.24. The van der Waals surface area contributed by atoms with Gasteiger partial charge in [0, 0.05) is 36.2 Å². The summed E-state index contributed by atoms with van der Waals surface area (Å²) in [5.41, 5.74) is 1.67. The fourth-order valence-electron chi connectivity index (χ4n) is 2.80. The van der Waals surface area contributed by atoms with Crippen LogP contribution in [0.1, 0.15) is 15.9 Å². The molecule has 0 unspecified atom stereocenters. The second-order valence-corrected chi connectivity index (χ2v) is 6.54. The van der Waals surface area contributed by atoms with E-state index >= 15 is 0 Å². The zero-order chi connectivity index (χ0) is 18.0. The van der Waals surface area contributed by atoms with E-state index in [0.29, 0.717) is 31.7 Å². The summed E-state index contributed by atoms with van der Waals surface area (Å²) in [7, 11) is 0. The zero-order valence-corrected chi connectivity index (χ0v) is 14.8. The monoisotopic (exact) mass is 405 g/mol. The summed E-state index contributed by atoms with van der Waals surface area (Å²) < 4.78 is 27.1. The summed E-state index contributed by atoms with van der Waals surface area (Å²) in [6.45, 7) is 2.17. The minimum absolute atomic E-state index is 0.145. The third-order valence-corrected chi connectivity index (χ3v) is 4.79. The maximum atomic E-state index is 13.3. The second-order valence-electron chi connectivity index (χ2n) is 5.69. The molecule has 1 aliphatic heterocycles. The normalized spacial score (nSPS) is 14.3. The van der Waals surface area contributed by atoms with Gasteiger partial charge in [-0.1, -0.05) is 0 Å². The van der Waals surface area contributed by atoms with Crippen molar-refractivity contribution in [3.8, 4) is 6.07 Å². The van der Waals surface area contributed by atoms with Crippen molar-refractivity contribution in [1.29, 1.82) is 5.26 Å². The number of rotatable bonds is 2. The first-order chi connectivity index (χ1) is 12.0. The van der Waals surface area contributed by atoms with Gasteiger partial charge in [0.15, 0.2) is 11.6 Å². The number of amides is 1. The summed E-state index contributed by atoms with van der Waals surface area (Å²) in [5, 5.41) is 8.93. The lowest BCUT2D eigenvalue weighted by atomic mass is 10.1. The van der Waals surface area contributed by atoms with Crippen molar-refractivity contribution in [1.82, 2.24) is 4.90 Å². The molecule has 1 amide bonds. The summed E-state index contributed by atoms with van der Waals surface area (Å²) in [6.07, 6.45) is 0. The number of anilines is 1. The number of carbonyl (C=O) groups excluding carboxylic acids is 1. The smallest absolute Gasteiger partial charge is 0.254 e. The number of piperazine rings is 1. The van der Waals surface area contributed by atoms with Crippen molar-refractivity contribution in [3.05, 3.63) is 63.6 Å². The van der Waals surface area contributed by atoms with Gasteiger partial charge in [-0.2, -0.15) is 5.26 Å². The Labute approximate surface area is 152 Å². The van der Waals surface area contributed by atoms with E-state index in [4.69, 9.17) is 5.26 Å².